The molecule has 1 aromatic heterocycles. The maximum atomic E-state index is 15.3. The van der Waals surface area contributed by atoms with Gasteiger partial charge in [-0.25, -0.2) is 4.39 Å². The number of rotatable bonds is 6. The summed E-state index contributed by atoms with van der Waals surface area (Å²) < 4.78 is 21.9. The van der Waals surface area contributed by atoms with Crippen molar-refractivity contribution in [1.82, 2.24) is 5.32 Å². The molecule has 0 unspecified atom stereocenters. The number of halogens is 1. The zero-order chi connectivity index (χ0) is 23.5. The summed E-state index contributed by atoms with van der Waals surface area (Å²) in [5.74, 6) is -0.592. The highest BCUT2D eigenvalue weighted by Crippen LogP contribution is 2.38. The van der Waals surface area contributed by atoms with E-state index in [1.54, 1.807) is 12.1 Å². The van der Waals surface area contributed by atoms with E-state index in [2.05, 4.69) is 5.32 Å². The molecule has 7 heteroatoms. The molecule has 1 aliphatic heterocycles. The molecule has 4 rings (SSSR count). The van der Waals surface area contributed by atoms with Crippen molar-refractivity contribution in [2.75, 3.05) is 31.1 Å². The number of pyridine rings is 1. The summed E-state index contributed by atoms with van der Waals surface area (Å²) in [7, 11) is 0. The number of anilines is 1. The number of carbonyl (C=O) groups is 1. The molecule has 33 heavy (non-hydrogen) atoms. The van der Waals surface area contributed by atoms with E-state index in [1.807, 2.05) is 49.9 Å². The molecule has 1 N–H and O–H groups in total. The molecule has 0 spiro atoms. The van der Waals surface area contributed by atoms with Crippen molar-refractivity contribution in [3.8, 4) is 5.75 Å². The SMILES string of the molecule is Cc1ccc(C=CC(=O)c2cc3cc(F)c(N4CCNCC4)c(OC(C)C)c3[n+]([O-])c2)cc1. The van der Waals surface area contributed by atoms with Crippen molar-refractivity contribution in [2.24, 2.45) is 0 Å². The van der Waals surface area contributed by atoms with Crippen LogP contribution < -0.4 is 19.7 Å². The van der Waals surface area contributed by atoms with Crippen LogP contribution in [0.15, 0.2) is 48.7 Å². The highest BCUT2D eigenvalue weighted by Gasteiger charge is 2.28. The van der Waals surface area contributed by atoms with Gasteiger partial charge in [0.05, 0.1) is 17.1 Å². The van der Waals surface area contributed by atoms with Crippen LogP contribution in [-0.4, -0.2) is 38.1 Å². The van der Waals surface area contributed by atoms with Gasteiger partial charge in [-0.15, -0.1) is 0 Å². The largest absolute Gasteiger partial charge is 0.618 e. The molecule has 1 fully saturated rings. The van der Waals surface area contributed by atoms with Crippen molar-refractivity contribution >= 4 is 28.4 Å². The molecular formula is C26H28FN3O3. The van der Waals surface area contributed by atoms with Gasteiger partial charge < -0.3 is 20.2 Å². The molecule has 0 amide bonds. The Morgan fingerprint density at radius 2 is 1.91 bits per heavy atom. The number of fused-ring (bicyclic) bond motifs is 1. The predicted molar refractivity (Wildman–Crippen MR) is 128 cm³/mol. The predicted octanol–water partition coefficient (Wildman–Crippen LogP) is 4.01. The minimum Gasteiger partial charge on any atom is -0.618 e. The minimum absolute atomic E-state index is 0.186. The van der Waals surface area contributed by atoms with Crippen molar-refractivity contribution < 1.29 is 18.7 Å². The molecule has 172 valence electrons. The monoisotopic (exact) mass is 449 g/mol. The van der Waals surface area contributed by atoms with Crippen molar-refractivity contribution in [3.63, 3.8) is 0 Å². The van der Waals surface area contributed by atoms with Crippen molar-refractivity contribution in [3.05, 3.63) is 76.4 Å². The third kappa shape index (κ3) is 4.98. The second-order valence-corrected chi connectivity index (χ2v) is 8.54. The molecule has 0 radical (unpaired) electrons. The van der Waals surface area contributed by atoms with E-state index < -0.39 is 5.82 Å². The van der Waals surface area contributed by atoms with Gasteiger partial charge >= 0.3 is 0 Å². The Balaban J connectivity index is 1.76. The average molecular weight is 450 g/mol. The van der Waals surface area contributed by atoms with Gasteiger partial charge in [-0.3, -0.25) is 4.79 Å². The Morgan fingerprint density at radius 1 is 1.21 bits per heavy atom. The molecule has 2 heterocycles. The van der Waals surface area contributed by atoms with Crippen LogP contribution in [0, 0.1) is 17.9 Å². The molecule has 1 aliphatic rings. The lowest BCUT2D eigenvalue weighted by Gasteiger charge is -2.31. The number of allylic oxidation sites excluding steroid dienone is 1. The molecule has 1 saturated heterocycles. The first-order valence-corrected chi connectivity index (χ1v) is 11.1. The molecule has 3 aromatic rings. The summed E-state index contributed by atoms with van der Waals surface area (Å²) >= 11 is 0. The summed E-state index contributed by atoms with van der Waals surface area (Å²) in [6, 6.07) is 10.6. The maximum absolute atomic E-state index is 15.3. The zero-order valence-electron chi connectivity index (χ0n) is 19.1. The van der Waals surface area contributed by atoms with E-state index >= 15 is 4.39 Å². The number of aryl methyl sites for hydroxylation is 1. The van der Waals surface area contributed by atoms with E-state index in [0.717, 1.165) is 24.2 Å². The number of carbonyl (C=O) groups excluding carboxylic acids is 1. The number of nitrogens with one attached hydrogen (secondary N) is 1. The van der Waals surface area contributed by atoms with E-state index in [0.29, 0.717) is 28.9 Å². The zero-order valence-corrected chi connectivity index (χ0v) is 19.1. The Morgan fingerprint density at radius 3 is 2.58 bits per heavy atom. The lowest BCUT2D eigenvalue weighted by atomic mass is 10.1. The fourth-order valence-corrected chi connectivity index (χ4v) is 3.97. The normalized spacial score (nSPS) is 14.4. The van der Waals surface area contributed by atoms with Gasteiger partial charge in [0, 0.05) is 26.2 Å². The Labute approximate surface area is 192 Å². The van der Waals surface area contributed by atoms with Gasteiger partial charge in [0.2, 0.25) is 5.75 Å². The number of nitrogens with zero attached hydrogens (tertiary/aromatic N) is 2. The lowest BCUT2D eigenvalue weighted by molar-refractivity contribution is -0.577. The maximum Gasteiger partial charge on any atom is 0.268 e. The highest BCUT2D eigenvalue weighted by atomic mass is 19.1. The lowest BCUT2D eigenvalue weighted by Crippen LogP contribution is -2.44. The summed E-state index contributed by atoms with van der Waals surface area (Å²) in [4.78, 5) is 14.7. The fourth-order valence-electron chi connectivity index (χ4n) is 3.97. The number of hydrogen-bond donors (Lipinski definition) is 1. The van der Waals surface area contributed by atoms with Gasteiger partial charge in [0.1, 0.15) is 5.69 Å². The van der Waals surface area contributed by atoms with Crippen molar-refractivity contribution in [1.29, 1.82) is 0 Å². The van der Waals surface area contributed by atoms with Crippen LogP contribution in [0.5, 0.6) is 5.75 Å². The average Bonchev–Trinajstić information content (AvgIpc) is 2.78. The van der Waals surface area contributed by atoms with Gasteiger partial charge in [-0.2, -0.15) is 4.73 Å². The fraction of sp³-hybridized carbons (Fsp3) is 0.308. The third-order valence-corrected chi connectivity index (χ3v) is 5.58. The van der Waals surface area contributed by atoms with Gasteiger partial charge in [-0.1, -0.05) is 35.9 Å². The van der Waals surface area contributed by atoms with E-state index in [9.17, 15) is 10.0 Å². The van der Waals surface area contributed by atoms with E-state index in [4.69, 9.17) is 4.74 Å². The Bertz CT molecular complexity index is 1200. The summed E-state index contributed by atoms with van der Waals surface area (Å²) in [5.41, 5.74) is 2.70. The van der Waals surface area contributed by atoms with Gasteiger partial charge in [0.25, 0.3) is 5.52 Å². The number of piperazine rings is 1. The first kappa shape index (κ1) is 22.7. The number of ketones is 1. The standard InChI is InChI=1S/C26H28FN3O3/c1-17(2)33-26-24-20(15-22(27)25(26)29-12-10-28-11-13-29)14-21(16-30(24)32)23(31)9-8-19-6-4-18(3)5-7-19/h4-9,14-17,28H,10-13H2,1-3H3. The van der Waals surface area contributed by atoms with Crippen LogP contribution in [0.25, 0.3) is 17.0 Å². The first-order valence-electron chi connectivity index (χ1n) is 11.1. The Hall–Kier alpha value is -3.45. The van der Waals surface area contributed by atoms with Gasteiger partial charge in [-0.05, 0) is 44.5 Å². The minimum atomic E-state index is -0.472. The molecule has 0 saturated carbocycles. The quantitative estimate of drug-likeness (QED) is 0.267. The third-order valence-electron chi connectivity index (χ3n) is 5.58. The smallest absolute Gasteiger partial charge is 0.268 e. The molecular weight excluding hydrogens is 421 g/mol. The highest BCUT2D eigenvalue weighted by molar-refractivity contribution is 6.08. The van der Waals surface area contributed by atoms with E-state index in [1.165, 1.54) is 18.3 Å². The number of aromatic nitrogens is 1. The summed E-state index contributed by atoms with van der Waals surface area (Å²) in [6.45, 7) is 8.31. The second-order valence-electron chi connectivity index (χ2n) is 8.54. The molecule has 2 aromatic carbocycles. The van der Waals surface area contributed by atoms with Gasteiger partial charge in [0.15, 0.2) is 17.8 Å². The van der Waals surface area contributed by atoms with E-state index in [-0.39, 0.29) is 28.7 Å². The summed E-state index contributed by atoms with van der Waals surface area (Å²) in [5, 5.41) is 16.6. The number of ether oxygens (including phenoxy) is 1. The summed E-state index contributed by atoms with van der Waals surface area (Å²) in [6.07, 6.45) is 4.10. The van der Waals surface area contributed by atoms with Crippen LogP contribution in [0.2, 0.25) is 0 Å². The van der Waals surface area contributed by atoms with Crippen molar-refractivity contribution in [2.45, 2.75) is 26.9 Å². The molecule has 0 aliphatic carbocycles. The van der Waals surface area contributed by atoms with Crippen LogP contribution >= 0.6 is 0 Å². The number of hydrogen-bond acceptors (Lipinski definition) is 5. The molecule has 6 nitrogen and oxygen atoms in total. The second kappa shape index (κ2) is 9.58. The Kier molecular flexibility index (Phi) is 6.60. The van der Waals surface area contributed by atoms with Crippen LogP contribution in [0.3, 0.4) is 0 Å². The molecule has 0 atom stereocenters. The number of benzene rings is 2. The van der Waals surface area contributed by atoms with Crippen LogP contribution in [0.1, 0.15) is 35.3 Å². The first-order chi connectivity index (χ1) is 15.8. The van der Waals surface area contributed by atoms with Crippen LogP contribution in [-0.2, 0) is 0 Å². The topological polar surface area (TPSA) is 68.5 Å². The molecule has 0 bridgehead atoms. The van der Waals surface area contributed by atoms with Crippen LogP contribution in [0.4, 0.5) is 10.1 Å².